The van der Waals surface area contributed by atoms with Gasteiger partial charge in [-0.15, -0.1) is 0 Å². The first-order valence-corrected chi connectivity index (χ1v) is 8.11. The second-order valence-electron chi connectivity index (χ2n) is 4.93. The van der Waals surface area contributed by atoms with Crippen LogP contribution >= 0.6 is 11.8 Å². The molecule has 1 unspecified atom stereocenters. The number of amides is 1. The summed E-state index contributed by atoms with van der Waals surface area (Å²) in [5, 5.41) is 9.68. The van der Waals surface area contributed by atoms with Crippen LogP contribution in [0.4, 0.5) is 5.69 Å². The predicted octanol–water partition coefficient (Wildman–Crippen LogP) is 2.45. The third-order valence-electron chi connectivity index (χ3n) is 3.48. The average Bonchev–Trinajstić information content (AvgIpc) is 2.89. The molecule has 1 heterocycles. The minimum Gasteiger partial charge on any atom is -0.390 e. The van der Waals surface area contributed by atoms with Gasteiger partial charge in [0.15, 0.2) is 5.16 Å². The molecular weight excluding hydrogens is 298 g/mol. The third kappa shape index (κ3) is 3.51. The molecule has 1 aromatic carbocycles. The number of thioether (sulfide) groups is 1. The van der Waals surface area contributed by atoms with Crippen molar-refractivity contribution in [2.75, 3.05) is 11.4 Å². The number of aliphatic hydroxyl groups is 1. The quantitative estimate of drug-likeness (QED) is 0.831. The highest BCUT2D eigenvalue weighted by molar-refractivity contribution is 8.00. The summed E-state index contributed by atoms with van der Waals surface area (Å²) in [4.78, 5) is 18.7. The van der Waals surface area contributed by atoms with Crippen LogP contribution in [0.15, 0.2) is 41.7 Å². The third-order valence-corrected chi connectivity index (χ3v) is 4.63. The standard InChI is InChI=1S/C16H21N3O2S/c1-4-19(13-8-6-5-7-9-13)15(21)12(2)22-16-17-10-14(11-20)18(16)3/h5-10,12,20H,4,11H2,1-3H3. The Morgan fingerprint density at radius 1 is 1.41 bits per heavy atom. The van der Waals surface area contributed by atoms with E-state index in [2.05, 4.69) is 4.98 Å². The van der Waals surface area contributed by atoms with Crippen molar-refractivity contribution in [3.05, 3.63) is 42.2 Å². The number of carbonyl (C=O) groups excluding carboxylic acids is 1. The number of benzene rings is 1. The highest BCUT2D eigenvalue weighted by Gasteiger charge is 2.23. The van der Waals surface area contributed by atoms with Crippen LogP contribution in [-0.4, -0.2) is 32.4 Å². The lowest BCUT2D eigenvalue weighted by atomic mass is 10.2. The number of aliphatic hydroxyl groups excluding tert-OH is 1. The number of nitrogens with zero attached hydrogens (tertiary/aromatic N) is 3. The number of hydrogen-bond acceptors (Lipinski definition) is 4. The average molecular weight is 319 g/mol. The van der Waals surface area contributed by atoms with E-state index in [0.717, 1.165) is 16.5 Å². The summed E-state index contributed by atoms with van der Waals surface area (Å²) < 4.78 is 1.81. The normalized spacial score (nSPS) is 12.2. The fraction of sp³-hybridized carbons (Fsp3) is 0.375. The van der Waals surface area contributed by atoms with Gasteiger partial charge in [0.05, 0.1) is 23.7 Å². The molecular formula is C16H21N3O2S. The van der Waals surface area contributed by atoms with Gasteiger partial charge in [0.2, 0.25) is 5.91 Å². The molecule has 0 fully saturated rings. The van der Waals surface area contributed by atoms with Crippen LogP contribution in [0.2, 0.25) is 0 Å². The van der Waals surface area contributed by atoms with E-state index in [4.69, 9.17) is 0 Å². The Morgan fingerprint density at radius 2 is 2.09 bits per heavy atom. The molecule has 1 N–H and O–H groups in total. The molecule has 2 aromatic rings. The molecule has 5 nitrogen and oxygen atoms in total. The first kappa shape index (κ1) is 16.6. The van der Waals surface area contributed by atoms with Crippen LogP contribution in [0, 0.1) is 0 Å². The molecule has 0 saturated heterocycles. The Labute approximate surface area is 135 Å². The number of anilines is 1. The van der Waals surface area contributed by atoms with Crippen molar-refractivity contribution >= 4 is 23.4 Å². The van der Waals surface area contributed by atoms with Crippen LogP contribution in [0.25, 0.3) is 0 Å². The molecule has 2 rings (SSSR count). The zero-order valence-corrected chi connectivity index (χ0v) is 13.9. The van der Waals surface area contributed by atoms with Crippen LogP contribution in [0.1, 0.15) is 19.5 Å². The Kier molecular flexibility index (Phi) is 5.63. The SMILES string of the molecule is CCN(C(=O)C(C)Sc1ncc(CO)n1C)c1ccccc1. The maximum Gasteiger partial charge on any atom is 0.240 e. The molecule has 0 spiro atoms. The smallest absolute Gasteiger partial charge is 0.240 e. The number of carbonyl (C=O) groups is 1. The second-order valence-corrected chi connectivity index (χ2v) is 6.24. The lowest BCUT2D eigenvalue weighted by Crippen LogP contribution is -2.36. The lowest BCUT2D eigenvalue weighted by Gasteiger charge is -2.24. The van der Waals surface area contributed by atoms with E-state index in [9.17, 15) is 9.90 Å². The molecule has 0 bridgehead atoms. The van der Waals surface area contributed by atoms with E-state index in [1.165, 1.54) is 11.8 Å². The van der Waals surface area contributed by atoms with Crippen LogP contribution in [-0.2, 0) is 18.4 Å². The van der Waals surface area contributed by atoms with Crippen molar-refractivity contribution in [3.63, 3.8) is 0 Å². The van der Waals surface area contributed by atoms with Gasteiger partial charge in [0.25, 0.3) is 0 Å². The summed E-state index contributed by atoms with van der Waals surface area (Å²) in [6.45, 7) is 4.41. The summed E-state index contributed by atoms with van der Waals surface area (Å²) in [6, 6.07) is 9.65. The summed E-state index contributed by atoms with van der Waals surface area (Å²) in [5.74, 6) is 0.0484. The monoisotopic (exact) mass is 319 g/mol. The number of para-hydroxylation sites is 1. The van der Waals surface area contributed by atoms with Gasteiger partial charge in [-0.1, -0.05) is 30.0 Å². The van der Waals surface area contributed by atoms with Gasteiger partial charge >= 0.3 is 0 Å². The van der Waals surface area contributed by atoms with Gasteiger partial charge < -0.3 is 14.6 Å². The molecule has 1 atom stereocenters. The molecule has 0 radical (unpaired) electrons. The van der Waals surface area contributed by atoms with Gasteiger partial charge in [-0.05, 0) is 26.0 Å². The number of hydrogen-bond donors (Lipinski definition) is 1. The summed E-state index contributed by atoms with van der Waals surface area (Å²) in [5.41, 5.74) is 1.64. The molecule has 0 aliphatic carbocycles. The molecule has 118 valence electrons. The van der Waals surface area contributed by atoms with Crippen LogP contribution in [0.5, 0.6) is 0 Å². The minimum absolute atomic E-state index is 0.0484. The van der Waals surface area contributed by atoms with Gasteiger partial charge in [-0.2, -0.15) is 0 Å². The van der Waals surface area contributed by atoms with Crippen LogP contribution in [0.3, 0.4) is 0 Å². The summed E-state index contributed by atoms with van der Waals surface area (Å²) >= 11 is 1.40. The van der Waals surface area contributed by atoms with E-state index < -0.39 is 0 Å². The maximum absolute atomic E-state index is 12.7. The first-order valence-electron chi connectivity index (χ1n) is 7.23. The van der Waals surface area contributed by atoms with Crippen molar-refractivity contribution in [2.45, 2.75) is 30.9 Å². The highest BCUT2D eigenvalue weighted by Crippen LogP contribution is 2.25. The largest absolute Gasteiger partial charge is 0.390 e. The van der Waals surface area contributed by atoms with Gasteiger partial charge in [-0.3, -0.25) is 4.79 Å². The van der Waals surface area contributed by atoms with Crippen LogP contribution < -0.4 is 4.90 Å². The van der Waals surface area contributed by atoms with Gasteiger partial charge in [-0.25, -0.2) is 4.98 Å². The number of imidazole rings is 1. The second kappa shape index (κ2) is 7.47. The van der Waals surface area contributed by atoms with E-state index >= 15 is 0 Å². The predicted molar refractivity (Wildman–Crippen MR) is 88.9 cm³/mol. The lowest BCUT2D eigenvalue weighted by molar-refractivity contribution is -0.117. The minimum atomic E-state index is -0.257. The zero-order valence-electron chi connectivity index (χ0n) is 13.1. The van der Waals surface area contributed by atoms with E-state index in [1.807, 2.05) is 55.8 Å². The summed E-state index contributed by atoms with van der Waals surface area (Å²) in [6.07, 6.45) is 1.63. The van der Waals surface area contributed by atoms with Crippen molar-refractivity contribution in [2.24, 2.45) is 7.05 Å². The maximum atomic E-state index is 12.7. The molecule has 0 aliphatic rings. The highest BCUT2D eigenvalue weighted by atomic mass is 32.2. The Bertz CT molecular complexity index is 628. The molecule has 0 saturated carbocycles. The molecule has 6 heteroatoms. The topological polar surface area (TPSA) is 58.4 Å². The van der Waals surface area contributed by atoms with E-state index in [0.29, 0.717) is 6.54 Å². The molecule has 0 aliphatic heterocycles. The Morgan fingerprint density at radius 3 is 2.64 bits per heavy atom. The molecule has 22 heavy (non-hydrogen) atoms. The Hall–Kier alpha value is -1.79. The van der Waals surface area contributed by atoms with Gasteiger partial charge in [0.1, 0.15) is 0 Å². The van der Waals surface area contributed by atoms with E-state index in [1.54, 1.807) is 11.1 Å². The van der Waals surface area contributed by atoms with E-state index in [-0.39, 0.29) is 17.8 Å². The Balaban J connectivity index is 2.12. The zero-order chi connectivity index (χ0) is 16.1. The fourth-order valence-corrected chi connectivity index (χ4v) is 3.12. The molecule has 1 aromatic heterocycles. The van der Waals surface area contributed by atoms with Crippen molar-refractivity contribution < 1.29 is 9.90 Å². The fourth-order valence-electron chi connectivity index (χ4n) is 2.18. The van der Waals surface area contributed by atoms with Gasteiger partial charge in [0, 0.05) is 19.3 Å². The number of aromatic nitrogens is 2. The first-order chi connectivity index (χ1) is 10.6. The van der Waals surface area contributed by atoms with Crippen molar-refractivity contribution in [3.8, 4) is 0 Å². The summed E-state index contributed by atoms with van der Waals surface area (Å²) in [7, 11) is 1.84. The van der Waals surface area contributed by atoms with Crippen molar-refractivity contribution in [1.82, 2.24) is 9.55 Å². The van der Waals surface area contributed by atoms with Crippen molar-refractivity contribution in [1.29, 1.82) is 0 Å². The number of rotatable bonds is 6. The molecule has 1 amide bonds.